The highest BCUT2D eigenvalue weighted by atomic mass is 32.2. The smallest absolute Gasteiger partial charge is 0.243 e. The molecule has 0 bridgehead atoms. The summed E-state index contributed by atoms with van der Waals surface area (Å²) in [5, 5.41) is 24.4. The number of piperidine rings is 1. The van der Waals surface area contributed by atoms with Crippen LogP contribution in [-0.2, 0) is 24.6 Å². The van der Waals surface area contributed by atoms with E-state index in [1.807, 2.05) is 6.07 Å². The molecule has 3 N–H and O–H groups in total. The third-order valence-electron chi connectivity index (χ3n) is 9.38. The minimum atomic E-state index is -3.70. The van der Waals surface area contributed by atoms with E-state index >= 15 is 0 Å². The van der Waals surface area contributed by atoms with Gasteiger partial charge in [0.05, 0.1) is 38.9 Å². The molecule has 1 saturated carbocycles. The number of rotatable bonds is 11. The fourth-order valence-electron chi connectivity index (χ4n) is 6.44. The Morgan fingerprint density at radius 2 is 1.82 bits per heavy atom. The second kappa shape index (κ2) is 12.3. The van der Waals surface area contributed by atoms with E-state index in [-0.39, 0.29) is 29.0 Å². The average molecular weight is 646 g/mol. The van der Waals surface area contributed by atoms with Crippen LogP contribution in [-0.4, -0.2) is 98.3 Å². The molecule has 6 rings (SSSR count). The van der Waals surface area contributed by atoms with Crippen LogP contribution in [0.25, 0.3) is 10.9 Å². The second-order valence-electron chi connectivity index (χ2n) is 12.2. The van der Waals surface area contributed by atoms with Crippen molar-refractivity contribution in [3.05, 3.63) is 60.8 Å². The van der Waals surface area contributed by atoms with Crippen LogP contribution in [0.1, 0.15) is 38.5 Å². The Labute approximate surface area is 258 Å². The zero-order valence-electron chi connectivity index (χ0n) is 24.5. The molecule has 1 spiro atoms. The molecule has 0 radical (unpaired) electrons. The van der Waals surface area contributed by atoms with E-state index in [4.69, 9.17) is 9.47 Å². The molecule has 2 atom stereocenters. The maximum atomic E-state index is 13.4. The number of fused-ring (bicyclic) bond motifs is 1. The lowest BCUT2D eigenvalue weighted by Crippen LogP contribution is -2.48. The molecule has 2 aromatic carbocycles. The van der Waals surface area contributed by atoms with Gasteiger partial charge in [-0.2, -0.15) is 4.31 Å². The Kier molecular flexibility index (Phi) is 8.74. The molecule has 13 heteroatoms. The van der Waals surface area contributed by atoms with E-state index in [1.54, 1.807) is 42.6 Å². The number of ether oxygens (including phenoxy) is 2. The molecule has 3 aliphatic rings. The van der Waals surface area contributed by atoms with Crippen molar-refractivity contribution in [1.29, 1.82) is 0 Å². The molecule has 1 aromatic heterocycles. The molecule has 0 amide bonds. The molecule has 3 aromatic rings. The monoisotopic (exact) mass is 645 g/mol. The maximum Gasteiger partial charge on any atom is 0.243 e. The van der Waals surface area contributed by atoms with Crippen molar-refractivity contribution in [2.45, 2.75) is 70.8 Å². The number of hydrogen-bond donors (Lipinski definition) is 3. The molecule has 2 saturated heterocycles. The van der Waals surface area contributed by atoms with Crippen molar-refractivity contribution in [3.8, 4) is 5.75 Å². The topological polar surface area (TPSA) is 155 Å². The number of aromatic nitrogens is 1. The Balaban J connectivity index is 0.972. The van der Waals surface area contributed by atoms with Crippen LogP contribution < -0.4 is 10.1 Å². The lowest BCUT2D eigenvalue weighted by Gasteiger charge is -2.39. The zero-order valence-corrected chi connectivity index (χ0v) is 26.1. The Hall–Kier alpha value is -2.65. The highest BCUT2D eigenvalue weighted by Gasteiger charge is 2.49. The maximum absolute atomic E-state index is 13.4. The number of aliphatic hydroxyl groups is 2. The molecule has 1 aliphatic carbocycles. The van der Waals surface area contributed by atoms with Crippen LogP contribution in [0.2, 0.25) is 0 Å². The van der Waals surface area contributed by atoms with E-state index in [0.29, 0.717) is 57.6 Å². The van der Waals surface area contributed by atoms with E-state index in [1.165, 1.54) is 16.4 Å². The highest BCUT2D eigenvalue weighted by Crippen LogP contribution is 2.43. The van der Waals surface area contributed by atoms with Gasteiger partial charge < -0.3 is 25.0 Å². The lowest BCUT2D eigenvalue weighted by molar-refractivity contribution is -0.0312. The van der Waals surface area contributed by atoms with Gasteiger partial charge >= 0.3 is 0 Å². The third kappa shape index (κ3) is 5.98. The van der Waals surface area contributed by atoms with Gasteiger partial charge in [-0.15, -0.1) is 0 Å². The molecule has 11 nitrogen and oxygen atoms in total. The largest absolute Gasteiger partial charge is 0.491 e. The number of hydrogen-bond acceptors (Lipinski definition) is 10. The second-order valence-corrected chi connectivity index (χ2v) is 16.5. The number of sulfone groups is 1. The summed E-state index contributed by atoms with van der Waals surface area (Å²) >= 11 is 0. The van der Waals surface area contributed by atoms with Crippen LogP contribution >= 0.6 is 0 Å². The van der Waals surface area contributed by atoms with Crippen LogP contribution in [0, 0.1) is 0 Å². The minimum absolute atomic E-state index is 0.00594. The first-order valence-corrected chi connectivity index (χ1v) is 18.0. The van der Waals surface area contributed by atoms with E-state index < -0.39 is 42.9 Å². The predicted octanol–water partition coefficient (Wildman–Crippen LogP) is 2.27. The number of sulfonamides is 1. The normalized spacial score (nSPS) is 22.5. The summed E-state index contributed by atoms with van der Waals surface area (Å²) in [6.45, 7) is 1.02. The molecule has 3 fully saturated rings. The number of benzene rings is 2. The van der Waals surface area contributed by atoms with Crippen LogP contribution in [0.3, 0.4) is 0 Å². The minimum Gasteiger partial charge on any atom is -0.491 e. The van der Waals surface area contributed by atoms with Crippen molar-refractivity contribution in [2.75, 3.05) is 39.5 Å². The van der Waals surface area contributed by atoms with Gasteiger partial charge in [0.1, 0.15) is 18.5 Å². The quantitative estimate of drug-likeness (QED) is 0.283. The summed E-state index contributed by atoms with van der Waals surface area (Å²) in [6, 6.07) is 14.8. The average Bonchev–Trinajstić information content (AvgIpc) is 3.40. The van der Waals surface area contributed by atoms with Gasteiger partial charge in [-0.3, -0.25) is 4.98 Å². The summed E-state index contributed by atoms with van der Waals surface area (Å²) in [5.74, 6) is 0.336. The summed E-state index contributed by atoms with van der Waals surface area (Å²) in [4.78, 5) is 4.64. The molecule has 44 heavy (non-hydrogen) atoms. The first-order chi connectivity index (χ1) is 21.1. The van der Waals surface area contributed by atoms with Crippen molar-refractivity contribution < 1.29 is 36.5 Å². The first-order valence-electron chi connectivity index (χ1n) is 15.0. The molecular weight excluding hydrogens is 606 g/mol. The summed E-state index contributed by atoms with van der Waals surface area (Å²) in [7, 11) is -7.34. The molecular formula is C31H39N3O8S2. The van der Waals surface area contributed by atoms with E-state index in [0.717, 1.165) is 17.3 Å². The van der Waals surface area contributed by atoms with Crippen LogP contribution in [0.4, 0.5) is 0 Å². The standard InChI is InChI=1S/C31H39N3O8S2/c35-22-31(9-3-10-31)43(37,38)27-6-1-5-26(17-27)41-21-25(36)19-33-24-18-30(42-20-24)11-14-34(15-12-30)44(39,40)28-7-8-29-23(16-28)4-2-13-32-29/h1-2,4-8,13,16-17,24-25,33,35-36H,3,9-12,14-15,18-22H2/t24-,25+/m1/s1. The Morgan fingerprint density at radius 1 is 1.02 bits per heavy atom. The van der Waals surface area contributed by atoms with Gasteiger partial charge in [0, 0.05) is 37.3 Å². The van der Waals surface area contributed by atoms with E-state index in [9.17, 15) is 27.0 Å². The van der Waals surface area contributed by atoms with Crippen molar-refractivity contribution in [2.24, 2.45) is 0 Å². The first kappa shape index (κ1) is 31.3. The number of pyridine rings is 1. The number of nitrogens with one attached hydrogen (secondary N) is 1. The fraction of sp³-hybridized carbons (Fsp3) is 0.516. The highest BCUT2D eigenvalue weighted by molar-refractivity contribution is 7.93. The van der Waals surface area contributed by atoms with Gasteiger partial charge in [0.2, 0.25) is 10.0 Å². The lowest BCUT2D eigenvalue weighted by atomic mass is 9.85. The van der Waals surface area contributed by atoms with Gasteiger partial charge in [-0.05, 0) is 74.6 Å². The van der Waals surface area contributed by atoms with Crippen molar-refractivity contribution in [1.82, 2.24) is 14.6 Å². The predicted molar refractivity (Wildman–Crippen MR) is 164 cm³/mol. The number of nitrogens with zero attached hydrogens (tertiary/aromatic N) is 2. The van der Waals surface area contributed by atoms with Gasteiger partial charge in [0.25, 0.3) is 0 Å². The SMILES string of the molecule is O=S(=O)(c1ccc2ncccc2c1)N1CCC2(CC1)C[C@@H](NC[C@H](O)COc1cccc(S(=O)(=O)C3(CO)CCC3)c1)CO2. The summed E-state index contributed by atoms with van der Waals surface area (Å²) in [5.41, 5.74) is 0.343. The molecule has 238 valence electrons. The number of aliphatic hydroxyl groups excluding tert-OH is 2. The van der Waals surface area contributed by atoms with Crippen LogP contribution in [0.15, 0.2) is 70.6 Å². The molecule has 0 unspecified atom stereocenters. The Morgan fingerprint density at radius 3 is 2.55 bits per heavy atom. The molecule has 2 aliphatic heterocycles. The van der Waals surface area contributed by atoms with Crippen LogP contribution in [0.5, 0.6) is 5.75 Å². The van der Waals surface area contributed by atoms with Gasteiger partial charge in [0.15, 0.2) is 9.84 Å². The fourth-order valence-corrected chi connectivity index (χ4v) is 9.94. The molecule has 3 heterocycles. The third-order valence-corrected chi connectivity index (χ3v) is 13.8. The summed E-state index contributed by atoms with van der Waals surface area (Å²) in [6.07, 6.45) is 4.37. The summed E-state index contributed by atoms with van der Waals surface area (Å²) < 4.78 is 65.2. The van der Waals surface area contributed by atoms with Gasteiger partial charge in [-0.25, -0.2) is 16.8 Å². The van der Waals surface area contributed by atoms with Gasteiger partial charge in [-0.1, -0.05) is 18.6 Å². The Bertz CT molecular complexity index is 1700. The zero-order chi connectivity index (χ0) is 31.0. The van der Waals surface area contributed by atoms with E-state index in [2.05, 4.69) is 10.3 Å². The van der Waals surface area contributed by atoms with Crippen molar-refractivity contribution >= 4 is 30.8 Å². The van der Waals surface area contributed by atoms with Crippen molar-refractivity contribution in [3.63, 3.8) is 0 Å².